The number of carbonyl (C=O) groups is 2. The molecule has 1 atom stereocenters. The number of hydrogen-bond donors (Lipinski definition) is 1. The van der Waals surface area contributed by atoms with E-state index in [0.29, 0.717) is 16.0 Å². The van der Waals surface area contributed by atoms with E-state index in [0.717, 1.165) is 6.42 Å². The van der Waals surface area contributed by atoms with Gasteiger partial charge in [-0.15, -0.1) is 11.3 Å². The number of Topliss-reactive ketones (excluding diaryl/α,β-unsaturated/α-hetero) is 1. The lowest BCUT2D eigenvalue weighted by Gasteiger charge is -2.04. The molecule has 0 saturated carbocycles. The first kappa shape index (κ1) is 14.2. The van der Waals surface area contributed by atoms with Crippen molar-refractivity contribution in [2.24, 2.45) is 0 Å². The third-order valence-electron chi connectivity index (χ3n) is 2.26. The largest absolute Gasteiger partial charge is 0.476 e. The van der Waals surface area contributed by atoms with Crippen LogP contribution in [0.3, 0.4) is 0 Å². The summed E-state index contributed by atoms with van der Waals surface area (Å²) in [6, 6.07) is 0. The van der Waals surface area contributed by atoms with Gasteiger partial charge < -0.3 is 5.11 Å². The standard InChI is InChI=1S/C11H15NO3S2/c1-4-6(2)16-5-8-12-9(11(14)15)10(17-8)7(3)13/h6H,4-5H2,1-3H3,(H,14,15). The lowest BCUT2D eigenvalue weighted by Crippen LogP contribution is -2.03. The summed E-state index contributed by atoms with van der Waals surface area (Å²) in [5.41, 5.74) is -0.109. The number of hydrogen-bond acceptors (Lipinski definition) is 5. The predicted molar refractivity (Wildman–Crippen MR) is 70.1 cm³/mol. The number of ketones is 1. The average molecular weight is 273 g/mol. The lowest BCUT2D eigenvalue weighted by molar-refractivity contribution is 0.0687. The number of carboxylic acids is 1. The molecular weight excluding hydrogens is 258 g/mol. The highest BCUT2D eigenvalue weighted by Crippen LogP contribution is 2.26. The Morgan fingerprint density at radius 2 is 2.18 bits per heavy atom. The van der Waals surface area contributed by atoms with E-state index >= 15 is 0 Å². The second kappa shape index (κ2) is 6.16. The van der Waals surface area contributed by atoms with Gasteiger partial charge in [0.15, 0.2) is 11.5 Å². The van der Waals surface area contributed by atoms with E-state index in [1.807, 2.05) is 0 Å². The van der Waals surface area contributed by atoms with Gasteiger partial charge in [-0.25, -0.2) is 9.78 Å². The zero-order valence-electron chi connectivity index (χ0n) is 10.0. The van der Waals surface area contributed by atoms with Crippen molar-refractivity contribution < 1.29 is 14.7 Å². The van der Waals surface area contributed by atoms with E-state index in [1.165, 1.54) is 18.3 Å². The minimum absolute atomic E-state index is 0.109. The average Bonchev–Trinajstić information content (AvgIpc) is 2.70. The highest BCUT2D eigenvalue weighted by Gasteiger charge is 2.20. The van der Waals surface area contributed by atoms with E-state index in [4.69, 9.17) is 5.11 Å². The maximum absolute atomic E-state index is 11.3. The van der Waals surface area contributed by atoms with Gasteiger partial charge in [0.1, 0.15) is 9.88 Å². The molecule has 4 nitrogen and oxygen atoms in total. The zero-order chi connectivity index (χ0) is 13.0. The molecule has 0 aliphatic carbocycles. The molecule has 0 aliphatic heterocycles. The fourth-order valence-corrected chi connectivity index (χ4v) is 3.05. The van der Waals surface area contributed by atoms with Crippen LogP contribution in [0, 0.1) is 0 Å². The van der Waals surface area contributed by atoms with Gasteiger partial charge in [0.25, 0.3) is 0 Å². The SMILES string of the molecule is CCC(C)SCc1nc(C(=O)O)c(C(C)=O)s1. The summed E-state index contributed by atoms with van der Waals surface area (Å²) in [4.78, 5) is 26.5. The molecular formula is C11H15NO3S2. The molecule has 6 heteroatoms. The van der Waals surface area contributed by atoms with E-state index in [-0.39, 0.29) is 16.4 Å². The molecule has 0 saturated heterocycles. The number of rotatable bonds is 6. The lowest BCUT2D eigenvalue weighted by atomic mass is 10.3. The van der Waals surface area contributed by atoms with Crippen molar-refractivity contribution in [2.75, 3.05) is 0 Å². The van der Waals surface area contributed by atoms with E-state index in [9.17, 15) is 9.59 Å². The number of carbonyl (C=O) groups excluding carboxylic acids is 1. The predicted octanol–water partition coefficient (Wildman–Crippen LogP) is 3.08. The second-order valence-corrected chi connectivity index (χ2v) is 6.19. The molecule has 0 radical (unpaired) electrons. The summed E-state index contributed by atoms with van der Waals surface area (Å²) in [6.45, 7) is 5.58. The fourth-order valence-electron chi connectivity index (χ4n) is 1.14. The molecule has 1 heterocycles. The molecule has 0 aromatic carbocycles. The molecule has 1 N–H and O–H groups in total. The molecule has 0 aliphatic rings. The first-order valence-electron chi connectivity index (χ1n) is 5.31. The molecule has 17 heavy (non-hydrogen) atoms. The van der Waals surface area contributed by atoms with E-state index in [2.05, 4.69) is 18.8 Å². The highest BCUT2D eigenvalue weighted by atomic mass is 32.2. The van der Waals surface area contributed by atoms with Gasteiger partial charge in [0, 0.05) is 17.9 Å². The summed E-state index contributed by atoms with van der Waals surface area (Å²) in [5.74, 6) is -0.710. The smallest absolute Gasteiger partial charge is 0.356 e. The van der Waals surface area contributed by atoms with Crippen LogP contribution < -0.4 is 0 Å². The number of aromatic carboxylic acids is 1. The van der Waals surface area contributed by atoms with Crippen LogP contribution in [0.15, 0.2) is 0 Å². The Morgan fingerprint density at radius 3 is 2.59 bits per heavy atom. The summed E-state index contributed by atoms with van der Waals surface area (Å²) in [7, 11) is 0. The quantitative estimate of drug-likeness (QED) is 0.807. The Balaban J connectivity index is 2.85. The van der Waals surface area contributed by atoms with Crippen LogP contribution in [-0.2, 0) is 5.75 Å². The molecule has 94 valence electrons. The van der Waals surface area contributed by atoms with Gasteiger partial charge in [-0.1, -0.05) is 13.8 Å². The molecule has 0 fully saturated rings. The van der Waals surface area contributed by atoms with Crippen LogP contribution in [0.4, 0.5) is 0 Å². The Labute approximate surface area is 108 Å². The first-order valence-corrected chi connectivity index (χ1v) is 7.17. The van der Waals surface area contributed by atoms with Crippen LogP contribution in [-0.4, -0.2) is 27.1 Å². The maximum Gasteiger partial charge on any atom is 0.356 e. The topological polar surface area (TPSA) is 67.3 Å². The van der Waals surface area contributed by atoms with Crippen molar-refractivity contribution in [3.05, 3.63) is 15.6 Å². The van der Waals surface area contributed by atoms with Crippen molar-refractivity contribution in [1.82, 2.24) is 4.98 Å². The number of carboxylic acid groups (broad SMARTS) is 1. The van der Waals surface area contributed by atoms with Gasteiger partial charge in [0.05, 0.1) is 0 Å². The van der Waals surface area contributed by atoms with E-state index in [1.54, 1.807) is 11.8 Å². The highest BCUT2D eigenvalue weighted by molar-refractivity contribution is 7.99. The molecule has 1 aromatic rings. The van der Waals surface area contributed by atoms with Crippen molar-refractivity contribution in [3.8, 4) is 0 Å². The van der Waals surface area contributed by atoms with Crippen molar-refractivity contribution in [3.63, 3.8) is 0 Å². The minimum atomic E-state index is -1.13. The fraction of sp³-hybridized carbons (Fsp3) is 0.545. The summed E-state index contributed by atoms with van der Waals surface area (Å²) in [5, 5.41) is 10.2. The first-order chi connectivity index (χ1) is 7.95. The molecule has 1 rings (SSSR count). The van der Waals surface area contributed by atoms with Gasteiger partial charge in [0.2, 0.25) is 0 Å². The van der Waals surface area contributed by atoms with Crippen molar-refractivity contribution in [2.45, 2.75) is 38.2 Å². The Morgan fingerprint density at radius 1 is 1.53 bits per heavy atom. The van der Waals surface area contributed by atoms with Crippen LogP contribution in [0.2, 0.25) is 0 Å². The van der Waals surface area contributed by atoms with Gasteiger partial charge in [-0.3, -0.25) is 4.79 Å². The molecule has 1 unspecified atom stereocenters. The van der Waals surface area contributed by atoms with Gasteiger partial charge >= 0.3 is 5.97 Å². The summed E-state index contributed by atoms with van der Waals surface area (Å²) in [6.07, 6.45) is 1.06. The van der Waals surface area contributed by atoms with Gasteiger partial charge in [-0.05, 0) is 6.42 Å². The van der Waals surface area contributed by atoms with E-state index < -0.39 is 5.97 Å². The van der Waals surface area contributed by atoms with Crippen LogP contribution in [0.1, 0.15) is 52.4 Å². The number of thiazole rings is 1. The molecule has 0 bridgehead atoms. The van der Waals surface area contributed by atoms with Crippen molar-refractivity contribution >= 4 is 34.9 Å². The van der Waals surface area contributed by atoms with Crippen molar-refractivity contribution in [1.29, 1.82) is 0 Å². The summed E-state index contributed by atoms with van der Waals surface area (Å²) < 4.78 is 0. The molecule has 1 aromatic heterocycles. The molecule has 0 spiro atoms. The zero-order valence-corrected chi connectivity index (χ0v) is 11.7. The second-order valence-electron chi connectivity index (χ2n) is 3.68. The number of nitrogens with zero attached hydrogens (tertiary/aromatic N) is 1. The summed E-state index contributed by atoms with van der Waals surface area (Å²) >= 11 is 2.90. The molecule has 0 amide bonds. The van der Waals surface area contributed by atoms with Crippen LogP contribution in [0.5, 0.6) is 0 Å². The Bertz CT molecular complexity index is 397. The normalized spacial score (nSPS) is 12.4. The number of aromatic nitrogens is 1. The van der Waals surface area contributed by atoms with Crippen LogP contribution in [0.25, 0.3) is 0 Å². The Kier molecular flexibility index (Phi) is 5.14. The van der Waals surface area contributed by atoms with Gasteiger partial charge in [-0.2, -0.15) is 11.8 Å². The van der Waals surface area contributed by atoms with Crippen LogP contribution >= 0.6 is 23.1 Å². The monoisotopic (exact) mass is 273 g/mol. The minimum Gasteiger partial charge on any atom is -0.476 e. The third kappa shape index (κ3) is 3.81. The maximum atomic E-state index is 11.3. The third-order valence-corrected chi connectivity index (χ3v) is 4.94. The Hall–Kier alpha value is -0.880. The number of thioether (sulfide) groups is 1.